The highest BCUT2D eigenvalue weighted by atomic mass is 35.5. The van der Waals surface area contributed by atoms with Gasteiger partial charge in [0.25, 0.3) is 0 Å². The number of thioether (sulfide) groups is 3. The zero-order valence-electron chi connectivity index (χ0n) is 27.1. The van der Waals surface area contributed by atoms with Gasteiger partial charge < -0.3 is 38.9 Å². The van der Waals surface area contributed by atoms with Crippen LogP contribution in [0.15, 0.2) is 15.5 Å². The Hall–Kier alpha value is -1.81. The molecule has 0 spiro atoms. The van der Waals surface area contributed by atoms with E-state index in [0.717, 1.165) is 32.5 Å². The lowest BCUT2D eigenvalue weighted by Crippen LogP contribution is -2.16. The maximum Gasteiger partial charge on any atom is 0.228 e. The zero-order chi connectivity index (χ0) is 35.2. The molecule has 0 fully saturated rings. The van der Waals surface area contributed by atoms with Crippen LogP contribution in [0.25, 0.3) is 0 Å². The first-order valence-electron chi connectivity index (χ1n) is 14.0. The van der Waals surface area contributed by atoms with Crippen molar-refractivity contribution in [2.75, 3.05) is 80.5 Å². The van der Waals surface area contributed by atoms with Crippen LogP contribution in [0.3, 0.4) is 0 Å². The van der Waals surface area contributed by atoms with Crippen molar-refractivity contribution < 1.29 is 0 Å². The second kappa shape index (κ2) is 31.8. The SMILES string of the molecule is CCCNc1nc(Cl)nc(SC)n1.CCCNc1nc(NCCN)nc(SC)n1.CCN.CSc1nc(Cl)nc(Cl)n1.NCCN. The summed E-state index contributed by atoms with van der Waals surface area (Å²) >= 11 is 20.9. The van der Waals surface area contributed by atoms with Crippen molar-refractivity contribution in [3.63, 3.8) is 0 Å². The fourth-order valence-corrected chi connectivity index (χ4v) is 3.91. The Kier molecular flexibility index (Phi) is 32.0. The largest absolute Gasteiger partial charge is 0.354 e. The van der Waals surface area contributed by atoms with Crippen LogP contribution in [0.2, 0.25) is 15.9 Å². The number of nitrogens with two attached hydrogens (primary N) is 4. The topological polar surface area (TPSA) is 256 Å². The summed E-state index contributed by atoms with van der Waals surface area (Å²) in [5.41, 5.74) is 20.1. The lowest BCUT2D eigenvalue weighted by atomic mass is 10.5. The predicted octanol–water partition coefficient (Wildman–Crippen LogP) is 3.62. The van der Waals surface area contributed by atoms with Crippen LogP contribution >= 0.6 is 70.1 Å². The third kappa shape index (κ3) is 25.3. The van der Waals surface area contributed by atoms with E-state index in [-0.39, 0.29) is 15.9 Å². The lowest BCUT2D eigenvalue weighted by molar-refractivity contribution is 0.870. The van der Waals surface area contributed by atoms with Crippen LogP contribution in [-0.2, 0) is 0 Å². The molecule has 0 aromatic carbocycles. The Morgan fingerprint density at radius 2 is 0.804 bits per heavy atom. The molecule has 16 nitrogen and oxygen atoms in total. The van der Waals surface area contributed by atoms with E-state index in [1.54, 1.807) is 0 Å². The quantitative estimate of drug-likeness (QED) is 0.123. The van der Waals surface area contributed by atoms with Gasteiger partial charge in [-0.05, 0) is 73.0 Å². The Bertz CT molecular complexity index is 1130. The van der Waals surface area contributed by atoms with Gasteiger partial charge in [-0.2, -0.15) is 44.9 Å². The summed E-state index contributed by atoms with van der Waals surface area (Å²) < 4.78 is 0. The van der Waals surface area contributed by atoms with Gasteiger partial charge in [-0.3, -0.25) is 0 Å². The molecule has 22 heteroatoms. The number of halogens is 3. The Balaban J connectivity index is 0. The zero-order valence-corrected chi connectivity index (χ0v) is 31.8. The first kappa shape index (κ1) is 46.3. The normalized spacial score (nSPS) is 9.59. The van der Waals surface area contributed by atoms with Crippen LogP contribution in [0.5, 0.6) is 0 Å². The number of aromatic nitrogens is 9. The summed E-state index contributed by atoms with van der Waals surface area (Å²) in [5, 5.41) is 11.6. The highest BCUT2D eigenvalue weighted by Gasteiger charge is 2.05. The minimum absolute atomic E-state index is 0.129. The molecule has 46 heavy (non-hydrogen) atoms. The van der Waals surface area contributed by atoms with E-state index in [9.17, 15) is 0 Å². The summed E-state index contributed by atoms with van der Waals surface area (Å²) in [6, 6.07) is 0. The molecule has 11 N–H and O–H groups in total. The second-order valence-corrected chi connectivity index (χ2v) is 11.1. The lowest BCUT2D eigenvalue weighted by Gasteiger charge is -2.07. The number of hydrogen-bond donors (Lipinski definition) is 7. The standard InChI is InChI=1S/C9H18N6S.C7H11ClN4S.C4H3Cl2N3S.C2H8N2.C2H7N/c1-3-5-11-7-13-8(12-6-4-10)15-9(14-7)16-2;1-3-4-9-6-10-5(8)11-7(12-6)13-2;1-10-4-8-2(5)7-3(6)9-4;3-1-2-4;1-2-3/h3-6,10H2,1-2H3,(H2,11,12,13,14,15);3-4H2,1-2H3,(H,9,10,11,12);1H3;1-4H2;2-3H2,1H3. The molecule has 0 amide bonds. The van der Waals surface area contributed by atoms with Crippen molar-refractivity contribution in [1.82, 2.24) is 44.9 Å². The van der Waals surface area contributed by atoms with Crippen LogP contribution in [-0.4, -0.2) is 109 Å². The Morgan fingerprint density at radius 1 is 0.478 bits per heavy atom. The first-order chi connectivity index (χ1) is 22.1. The van der Waals surface area contributed by atoms with Gasteiger partial charge in [0.1, 0.15) is 0 Å². The average molecular weight is 762 g/mol. The molecular formula is C24H47Cl3N16S3. The van der Waals surface area contributed by atoms with Crippen LogP contribution in [0.4, 0.5) is 17.8 Å². The van der Waals surface area contributed by atoms with Crippen LogP contribution in [0, 0.1) is 0 Å². The maximum absolute atomic E-state index is 5.69. The van der Waals surface area contributed by atoms with Crippen molar-refractivity contribution in [3.05, 3.63) is 15.9 Å². The molecule has 0 aliphatic rings. The molecule has 0 aliphatic heterocycles. The van der Waals surface area contributed by atoms with E-state index >= 15 is 0 Å². The molecule has 0 saturated heterocycles. The molecule has 0 radical (unpaired) electrons. The molecule has 0 saturated carbocycles. The average Bonchev–Trinajstić information content (AvgIpc) is 3.05. The molecule has 0 aliphatic carbocycles. The monoisotopic (exact) mass is 760 g/mol. The van der Waals surface area contributed by atoms with Gasteiger partial charge >= 0.3 is 0 Å². The number of anilines is 3. The van der Waals surface area contributed by atoms with Crippen molar-refractivity contribution in [2.45, 2.75) is 49.1 Å². The van der Waals surface area contributed by atoms with E-state index in [1.165, 1.54) is 35.3 Å². The minimum Gasteiger partial charge on any atom is -0.354 e. The molecule has 0 unspecified atom stereocenters. The highest BCUT2D eigenvalue weighted by Crippen LogP contribution is 2.15. The van der Waals surface area contributed by atoms with Gasteiger partial charge in [-0.15, -0.1) is 0 Å². The van der Waals surface area contributed by atoms with Gasteiger partial charge in [0.05, 0.1) is 0 Å². The highest BCUT2D eigenvalue weighted by molar-refractivity contribution is 7.98. The van der Waals surface area contributed by atoms with Crippen molar-refractivity contribution >= 4 is 87.9 Å². The third-order valence-electron chi connectivity index (χ3n) is 3.97. The molecule has 0 bridgehead atoms. The second-order valence-electron chi connectivity index (χ2n) is 7.80. The van der Waals surface area contributed by atoms with E-state index in [0.29, 0.717) is 59.5 Å². The summed E-state index contributed by atoms with van der Waals surface area (Å²) in [6.45, 7) is 10.9. The van der Waals surface area contributed by atoms with Gasteiger partial charge in [0, 0.05) is 39.3 Å². The number of hydrogen-bond acceptors (Lipinski definition) is 19. The number of rotatable bonds is 13. The summed E-state index contributed by atoms with van der Waals surface area (Å²) in [7, 11) is 0. The maximum atomic E-state index is 5.69. The van der Waals surface area contributed by atoms with Gasteiger partial charge in [-0.25, -0.2) is 0 Å². The fourth-order valence-electron chi connectivity index (χ4n) is 2.17. The van der Waals surface area contributed by atoms with E-state index in [2.05, 4.69) is 74.7 Å². The summed E-state index contributed by atoms with van der Waals surface area (Å²) in [5.74, 6) is 1.73. The molecule has 262 valence electrons. The van der Waals surface area contributed by atoms with Crippen LogP contribution in [0.1, 0.15) is 33.6 Å². The van der Waals surface area contributed by atoms with Crippen LogP contribution < -0.4 is 38.9 Å². The number of nitrogens with one attached hydrogen (secondary N) is 3. The number of nitrogens with zero attached hydrogens (tertiary/aromatic N) is 9. The van der Waals surface area contributed by atoms with Crippen molar-refractivity contribution in [1.29, 1.82) is 0 Å². The molecule has 3 aromatic heterocycles. The third-order valence-corrected chi connectivity index (χ3v) is 6.12. The van der Waals surface area contributed by atoms with Gasteiger partial charge in [0.15, 0.2) is 15.5 Å². The first-order valence-corrected chi connectivity index (χ1v) is 18.8. The van der Waals surface area contributed by atoms with Crippen molar-refractivity contribution in [3.8, 4) is 0 Å². The molecule has 3 aromatic rings. The smallest absolute Gasteiger partial charge is 0.228 e. The Morgan fingerprint density at radius 3 is 1.15 bits per heavy atom. The Labute approximate surface area is 299 Å². The predicted molar refractivity (Wildman–Crippen MR) is 198 cm³/mol. The van der Waals surface area contributed by atoms with Gasteiger partial charge in [-0.1, -0.05) is 56.1 Å². The molecule has 3 rings (SSSR count). The molecule has 0 atom stereocenters. The molecular weight excluding hydrogens is 715 g/mol. The van der Waals surface area contributed by atoms with Crippen molar-refractivity contribution in [2.24, 2.45) is 22.9 Å². The summed E-state index contributed by atoms with van der Waals surface area (Å²) in [4.78, 5) is 35.9. The van der Waals surface area contributed by atoms with E-state index < -0.39 is 0 Å². The fraction of sp³-hybridized carbons (Fsp3) is 0.625. The van der Waals surface area contributed by atoms with Gasteiger partial charge in [0.2, 0.25) is 33.7 Å². The van der Waals surface area contributed by atoms with E-state index in [4.69, 9.17) is 57.7 Å². The molecule has 3 heterocycles. The minimum atomic E-state index is 0.129. The summed E-state index contributed by atoms with van der Waals surface area (Å²) in [6.07, 6.45) is 7.73. The van der Waals surface area contributed by atoms with E-state index in [1.807, 2.05) is 25.7 Å².